The number of hydrogen-bond donors (Lipinski definition) is 0. The van der Waals surface area contributed by atoms with Crippen molar-refractivity contribution in [1.29, 1.82) is 5.26 Å². The first-order chi connectivity index (χ1) is 12.2. The van der Waals surface area contributed by atoms with Crippen LogP contribution in [0.25, 0.3) is 0 Å². The fraction of sp³-hybridized carbons (Fsp3) is 0.526. The number of aliphatic imine (C=N–C) groups is 1. The number of hydrogen-bond acceptors (Lipinski definition) is 6. The molecule has 1 aliphatic heterocycles. The van der Waals surface area contributed by atoms with Crippen molar-refractivity contribution in [2.75, 3.05) is 33.4 Å². The summed E-state index contributed by atoms with van der Waals surface area (Å²) >= 11 is 0. The summed E-state index contributed by atoms with van der Waals surface area (Å²) in [4.78, 5) is 18.5. The zero-order valence-electron chi connectivity index (χ0n) is 14.9. The van der Waals surface area contributed by atoms with Gasteiger partial charge in [0, 0.05) is 6.21 Å². The van der Waals surface area contributed by atoms with E-state index in [-0.39, 0.29) is 12.6 Å². The van der Waals surface area contributed by atoms with E-state index < -0.39 is 11.9 Å². The maximum atomic E-state index is 11.7. The fourth-order valence-corrected chi connectivity index (χ4v) is 2.96. The average Bonchev–Trinajstić information content (AvgIpc) is 3.16. The summed E-state index contributed by atoms with van der Waals surface area (Å²) in [6.45, 7) is 4.55. The first-order valence-electron chi connectivity index (χ1n) is 8.63. The number of nitriles is 1. The molecule has 1 fully saturated rings. The summed E-state index contributed by atoms with van der Waals surface area (Å²) in [6.07, 6.45) is 3.77. The second-order valence-corrected chi connectivity index (χ2v) is 5.91. The van der Waals surface area contributed by atoms with Crippen LogP contribution >= 0.6 is 0 Å². The Hall–Kier alpha value is -2.39. The van der Waals surface area contributed by atoms with E-state index in [4.69, 9.17) is 14.7 Å². The maximum Gasteiger partial charge on any atom is 0.328 e. The van der Waals surface area contributed by atoms with Gasteiger partial charge >= 0.3 is 5.97 Å². The van der Waals surface area contributed by atoms with Gasteiger partial charge in [0.1, 0.15) is 5.75 Å². The number of rotatable bonds is 8. The van der Waals surface area contributed by atoms with Crippen molar-refractivity contribution in [2.45, 2.75) is 25.8 Å². The summed E-state index contributed by atoms with van der Waals surface area (Å²) in [6, 6.07) is 10.0. The van der Waals surface area contributed by atoms with Crippen molar-refractivity contribution in [3.63, 3.8) is 0 Å². The van der Waals surface area contributed by atoms with Gasteiger partial charge in [0.05, 0.1) is 32.4 Å². The lowest BCUT2D eigenvalue weighted by Crippen LogP contribution is -2.28. The quantitative estimate of drug-likeness (QED) is 0.536. The number of likely N-dealkylation sites (tertiary alicyclic amines) is 1. The highest BCUT2D eigenvalue weighted by Gasteiger charge is 2.23. The van der Waals surface area contributed by atoms with E-state index in [1.165, 1.54) is 19.1 Å². The van der Waals surface area contributed by atoms with Gasteiger partial charge in [-0.3, -0.25) is 14.7 Å². The summed E-state index contributed by atoms with van der Waals surface area (Å²) in [5.74, 6) is -0.676. The molecule has 0 aliphatic carbocycles. The van der Waals surface area contributed by atoms with E-state index in [1.807, 2.05) is 30.3 Å². The Kier molecular flexibility index (Phi) is 7.42. The van der Waals surface area contributed by atoms with Gasteiger partial charge in [-0.1, -0.05) is 12.1 Å². The van der Waals surface area contributed by atoms with Gasteiger partial charge in [-0.25, -0.2) is 0 Å². The number of carbonyl (C=O) groups is 1. The van der Waals surface area contributed by atoms with Crippen LogP contribution < -0.4 is 4.74 Å². The van der Waals surface area contributed by atoms with Gasteiger partial charge in [-0.2, -0.15) is 5.26 Å². The van der Waals surface area contributed by atoms with Crippen LogP contribution in [0.5, 0.6) is 5.75 Å². The van der Waals surface area contributed by atoms with Crippen LogP contribution in [-0.4, -0.2) is 50.4 Å². The number of nitrogens with zero attached hydrogens (tertiary/aromatic N) is 3. The lowest BCUT2D eigenvalue weighted by atomic mass is 10.1. The highest BCUT2D eigenvalue weighted by Crippen LogP contribution is 2.27. The molecule has 1 heterocycles. The largest absolute Gasteiger partial charge is 0.497 e. The molecule has 2 atom stereocenters. The van der Waals surface area contributed by atoms with Crippen LogP contribution in [-0.2, 0) is 9.53 Å². The number of methoxy groups -OCH3 is 1. The Bertz CT molecular complexity index is 616. The topological polar surface area (TPSA) is 74.9 Å². The standard InChI is InChI=1S/C19H25N3O3/c1-3-25-19(23)16(12-20)13-21-14-18(22-10-4-5-11-22)15-6-8-17(24-2)9-7-15/h6-9,13,16,18H,3-5,10-11,14H2,1-2H3/t16-,18-/m1/s1. The van der Waals surface area contributed by atoms with Crippen LogP contribution in [0.1, 0.15) is 31.4 Å². The van der Waals surface area contributed by atoms with Crippen molar-refractivity contribution in [1.82, 2.24) is 4.90 Å². The molecule has 2 rings (SSSR count). The van der Waals surface area contributed by atoms with Crippen LogP contribution in [0, 0.1) is 17.2 Å². The molecule has 0 spiro atoms. The van der Waals surface area contributed by atoms with Gasteiger partial charge < -0.3 is 9.47 Å². The van der Waals surface area contributed by atoms with E-state index in [2.05, 4.69) is 9.89 Å². The Morgan fingerprint density at radius 3 is 2.60 bits per heavy atom. The van der Waals surface area contributed by atoms with Crippen molar-refractivity contribution >= 4 is 12.2 Å². The van der Waals surface area contributed by atoms with Gasteiger partial charge in [-0.05, 0) is 50.6 Å². The summed E-state index contributed by atoms with van der Waals surface area (Å²) < 4.78 is 10.1. The Balaban J connectivity index is 2.09. The summed E-state index contributed by atoms with van der Waals surface area (Å²) in [7, 11) is 1.65. The minimum Gasteiger partial charge on any atom is -0.497 e. The third-order valence-electron chi connectivity index (χ3n) is 4.29. The molecule has 0 radical (unpaired) electrons. The lowest BCUT2D eigenvalue weighted by Gasteiger charge is -2.26. The molecule has 0 saturated carbocycles. The third-order valence-corrected chi connectivity index (χ3v) is 4.29. The van der Waals surface area contributed by atoms with Crippen molar-refractivity contribution in [2.24, 2.45) is 10.9 Å². The number of esters is 1. The van der Waals surface area contributed by atoms with Gasteiger partial charge in [0.15, 0.2) is 5.92 Å². The normalized spacial score (nSPS) is 17.2. The number of carbonyl (C=O) groups excluding carboxylic acids is 1. The molecule has 1 saturated heterocycles. The smallest absolute Gasteiger partial charge is 0.328 e. The zero-order chi connectivity index (χ0) is 18.1. The molecular weight excluding hydrogens is 318 g/mol. The van der Waals surface area contributed by atoms with Crippen LogP contribution in [0.4, 0.5) is 0 Å². The molecule has 6 heteroatoms. The molecule has 1 aromatic rings. The molecular formula is C19H25N3O3. The minimum absolute atomic E-state index is 0.131. The SMILES string of the molecule is CCOC(=O)[C@H](C#N)C=NC[C@H](c1ccc(OC)cc1)N1CCCC1. The molecule has 6 nitrogen and oxygen atoms in total. The molecule has 0 amide bonds. The molecule has 134 valence electrons. The number of benzene rings is 1. The second-order valence-electron chi connectivity index (χ2n) is 5.91. The lowest BCUT2D eigenvalue weighted by molar-refractivity contribution is -0.143. The van der Waals surface area contributed by atoms with Gasteiger partial charge in [0.25, 0.3) is 0 Å². The molecule has 1 aliphatic rings. The highest BCUT2D eigenvalue weighted by atomic mass is 16.5. The average molecular weight is 343 g/mol. The Labute approximate surface area is 149 Å². The van der Waals surface area contributed by atoms with E-state index in [1.54, 1.807) is 14.0 Å². The van der Waals surface area contributed by atoms with Crippen LogP contribution in [0.3, 0.4) is 0 Å². The summed E-state index contributed by atoms with van der Waals surface area (Å²) in [5, 5.41) is 9.11. The van der Waals surface area contributed by atoms with Crippen molar-refractivity contribution < 1.29 is 14.3 Å². The first-order valence-corrected chi connectivity index (χ1v) is 8.63. The first kappa shape index (κ1) is 18.9. The zero-order valence-corrected chi connectivity index (χ0v) is 14.9. The fourth-order valence-electron chi connectivity index (χ4n) is 2.96. The van der Waals surface area contributed by atoms with Gasteiger partial charge in [0.2, 0.25) is 0 Å². The van der Waals surface area contributed by atoms with E-state index >= 15 is 0 Å². The summed E-state index contributed by atoms with van der Waals surface area (Å²) in [5.41, 5.74) is 1.16. The molecule has 0 unspecified atom stereocenters. The second kappa shape index (κ2) is 9.80. The van der Waals surface area contributed by atoms with E-state index in [0.717, 1.165) is 24.4 Å². The Morgan fingerprint density at radius 2 is 2.04 bits per heavy atom. The molecule has 0 N–H and O–H groups in total. The molecule has 1 aromatic carbocycles. The maximum absolute atomic E-state index is 11.7. The monoisotopic (exact) mass is 343 g/mol. The number of ether oxygens (including phenoxy) is 2. The highest BCUT2D eigenvalue weighted by molar-refractivity contribution is 5.92. The van der Waals surface area contributed by atoms with E-state index in [9.17, 15) is 4.79 Å². The van der Waals surface area contributed by atoms with E-state index in [0.29, 0.717) is 6.54 Å². The Morgan fingerprint density at radius 1 is 1.36 bits per heavy atom. The predicted octanol–water partition coefficient (Wildman–Crippen LogP) is 2.61. The molecule has 0 bridgehead atoms. The van der Waals surface area contributed by atoms with Crippen LogP contribution in [0.15, 0.2) is 29.3 Å². The molecule has 25 heavy (non-hydrogen) atoms. The van der Waals surface area contributed by atoms with Crippen molar-refractivity contribution in [3.8, 4) is 11.8 Å². The third kappa shape index (κ3) is 5.30. The predicted molar refractivity (Wildman–Crippen MR) is 95.6 cm³/mol. The molecule has 0 aromatic heterocycles. The van der Waals surface area contributed by atoms with Crippen molar-refractivity contribution in [3.05, 3.63) is 29.8 Å². The van der Waals surface area contributed by atoms with Crippen LogP contribution in [0.2, 0.25) is 0 Å². The minimum atomic E-state index is -0.949. The van der Waals surface area contributed by atoms with Gasteiger partial charge in [-0.15, -0.1) is 0 Å².